The fourth-order valence-corrected chi connectivity index (χ4v) is 2.42. The number of hydrogen-bond acceptors (Lipinski definition) is 3. The number of hydrogen-bond donors (Lipinski definition) is 1. The summed E-state index contributed by atoms with van der Waals surface area (Å²) in [7, 11) is 5.48. The number of rotatable bonds is 5. The van der Waals surface area contributed by atoms with Crippen molar-refractivity contribution in [1.29, 1.82) is 0 Å². The molecule has 0 aliphatic heterocycles. The quantitative estimate of drug-likeness (QED) is 0.441. The first-order chi connectivity index (χ1) is 11.1. The number of aliphatic imine (C=N–C) groups is 1. The zero-order valence-corrected chi connectivity index (χ0v) is 16.9. The molecular weight excluding hydrogens is 415 g/mol. The van der Waals surface area contributed by atoms with Crippen LogP contribution in [0.1, 0.15) is 17.0 Å². The fraction of sp³-hybridized carbons (Fsp3) is 0.333. The maximum Gasteiger partial charge on any atom is 0.194 e. The third-order valence-corrected chi connectivity index (χ3v) is 3.55. The molecule has 0 aliphatic carbocycles. The molecule has 0 atom stereocenters. The van der Waals surface area contributed by atoms with Crippen LogP contribution in [0, 0.1) is 6.92 Å². The summed E-state index contributed by atoms with van der Waals surface area (Å²) in [5, 5.41) is 3.34. The summed E-state index contributed by atoms with van der Waals surface area (Å²) in [5.74, 6) is 1.70. The van der Waals surface area contributed by atoms with Crippen molar-refractivity contribution in [3.05, 3.63) is 59.4 Å². The van der Waals surface area contributed by atoms with E-state index in [-0.39, 0.29) is 24.0 Å². The Morgan fingerprint density at radius 3 is 2.62 bits per heavy atom. The lowest BCUT2D eigenvalue weighted by Crippen LogP contribution is -2.38. The molecule has 1 N–H and O–H groups in total. The molecule has 2 rings (SSSR count). The lowest BCUT2D eigenvalue weighted by atomic mass is 10.2. The average molecular weight is 440 g/mol. The molecule has 0 fully saturated rings. The third kappa shape index (κ3) is 5.67. The second kappa shape index (κ2) is 10.1. The van der Waals surface area contributed by atoms with E-state index in [1.165, 1.54) is 0 Å². The number of methoxy groups -OCH3 is 1. The van der Waals surface area contributed by atoms with E-state index in [4.69, 9.17) is 4.74 Å². The van der Waals surface area contributed by atoms with Crippen LogP contribution in [-0.2, 0) is 13.1 Å². The van der Waals surface area contributed by atoms with E-state index < -0.39 is 0 Å². The van der Waals surface area contributed by atoms with Gasteiger partial charge >= 0.3 is 0 Å². The SMILES string of the molecule is CN=C(NCc1cccc(C)n1)N(C)Cc1ccccc1OC.I. The molecule has 24 heavy (non-hydrogen) atoms. The van der Waals surface area contributed by atoms with Crippen LogP contribution < -0.4 is 10.1 Å². The van der Waals surface area contributed by atoms with E-state index in [1.807, 2.05) is 50.4 Å². The number of halogens is 1. The number of pyridine rings is 1. The van der Waals surface area contributed by atoms with Gasteiger partial charge in [0.2, 0.25) is 0 Å². The van der Waals surface area contributed by atoms with Crippen molar-refractivity contribution in [3.63, 3.8) is 0 Å². The van der Waals surface area contributed by atoms with Crippen LogP contribution in [-0.4, -0.2) is 37.0 Å². The number of ether oxygens (including phenoxy) is 1. The number of nitrogens with one attached hydrogen (secondary N) is 1. The summed E-state index contributed by atoms with van der Waals surface area (Å²) in [6.45, 7) is 3.35. The van der Waals surface area contributed by atoms with E-state index >= 15 is 0 Å². The zero-order valence-electron chi connectivity index (χ0n) is 14.6. The van der Waals surface area contributed by atoms with E-state index in [0.717, 1.165) is 28.7 Å². The minimum Gasteiger partial charge on any atom is -0.496 e. The minimum atomic E-state index is 0. The maximum absolute atomic E-state index is 5.41. The van der Waals surface area contributed by atoms with E-state index in [1.54, 1.807) is 14.2 Å². The van der Waals surface area contributed by atoms with Crippen molar-refractivity contribution in [3.8, 4) is 5.75 Å². The molecule has 1 aromatic heterocycles. The van der Waals surface area contributed by atoms with Crippen molar-refractivity contribution in [1.82, 2.24) is 15.2 Å². The molecule has 0 amide bonds. The van der Waals surface area contributed by atoms with Crippen molar-refractivity contribution >= 4 is 29.9 Å². The first kappa shape index (κ1) is 20.2. The van der Waals surface area contributed by atoms with Gasteiger partial charge in [-0.15, -0.1) is 24.0 Å². The Kier molecular flexibility index (Phi) is 8.53. The number of aromatic nitrogens is 1. The van der Waals surface area contributed by atoms with Gasteiger partial charge in [-0.05, 0) is 25.1 Å². The van der Waals surface area contributed by atoms with Gasteiger partial charge in [0.15, 0.2) is 5.96 Å². The average Bonchev–Trinajstić information content (AvgIpc) is 2.56. The van der Waals surface area contributed by atoms with E-state index in [9.17, 15) is 0 Å². The molecule has 0 bridgehead atoms. The van der Waals surface area contributed by atoms with E-state index in [2.05, 4.69) is 26.3 Å². The maximum atomic E-state index is 5.41. The molecule has 0 radical (unpaired) electrons. The first-order valence-corrected chi connectivity index (χ1v) is 7.60. The van der Waals surface area contributed by atoms with Gasteiger partial charge < -0.3 is 15.0 Å². The topological polar surface area (TPSA) is 49.8 Å². The predicted octanol–water partition coefficient (Wildman–Crippen LogP) is 3.22. The normalized spacial score (nSPS) is 10.8. The fourth-order valence-electron chi connectivity index (χ4n) is 2.42. The number of nitrogens with zero attached hydrogens (tertiary/aromatic N) is 3. The summed E-state index contributed by atoms with van der Waals surface area (Å²) < 4.78 is 5.41. The van der Waals surface area contributed by atoms with Crippen LogP contribution in [0.2, 0.25) is 0 Å². The number of guanidine groups is 1. The molecule has 0 saturated carbocycles. The Morgan fingerprint density at radius 2 is 1.96 bits per heavy atom. The lowest BCUT2D eigenvalue weighted by Gasteiger charge is -2.23. The largest absolute Gasteiger partial charge is 0.496 e. The van der Waals surface area contributed by atoms with Gasteiger partial charge in [0.25, 0.3) is 0 Å². The number of benzene rings is 1. The summed E-state index contributed by atoms with van der Waals surface area (Å²) in [6, 6.07) is 14.0. The first-order valence-electron chi connectivity index (χ1n) is 7.60. The lowest BCUT2D eigenvalue weighted by molar-refractivity contribution is 0.396. The monoisotopic (exact) mass is 440 g/mol. The highest BCUT2D eigenvalue weighted by molar-refractivity contribution is 14.0. The van der Waals surface area contributed by atoms with Gasteiger partial charge in [0.1, 0.15) is 5.75 Å². The predicted molar refractivity (Wildman–Crippen MR) is 109 cm³/mol. The van der Waals surface area contributed by atoms with Crippen molar-refractivity contribution < 1.29 is 4.74 Å². The molecule has 5 nitrogen and oxygen atoms in total. The minimum absolute atomic E-state index is 0. The second-order valence-electron chi connectivity index (χ2n) is 5.34. The molecule has 0 spiro atoms. The Labute approximate surface area is 161 Å². The smallest absolute Gasteiger partial charge is 0.194 e. The van der Waals surface area contributed by atoms with Gasteiger partial charge in [-0.25, -0.2) is 0 Å². The van der Waals surface area contributed by atoms with Crippen LogP contribution in [0.15, 0.2) is 47.5 Å². The van der Waals surface area contributed by atoms with Crippen LogP contribution in [0.3, 0.4) is 0 Å². The van der Waals surface area contributed by atoms with Crippen LogP contribution in [0.25, 0.3) is 0 Å². The van der Waals surface area contributed by atoms with Crippen molar-refractivity contribution in [2.75, 3.05) is 21.2 Å². The molecule has 1 aromatic carbocycles. The highest BCUT2D eigenvalue weighted by Gasteiger charge is 2.10. The van der Waals surface area contributed by atoms with Gasteiger partial charge in [-0.3, -0.25) is 9.98 Å². The van der Waals surface area contributed by atoms with E-state index in [0.29, 0.717) is 13.1 Å². The molecule has 130 valence electrons. The van der Waals surface area contributed by atoms with Crippen LogP contribution in [0.5, 0.6) is 5.75 Å². The Bertz CT molecular complexity index is 676. The van der Waals surface area contributed by atoms with Crippen molar-refractivity contribution in [2.24, 2.45) is 4.99 Å². The van der Waals surface area contributed by atoms with Gasteiger partial charge in [0.05, 0.1) is 19.3 Å². The molecule has 0 aliphatic rings. The van der Waals surface area contributed by atoms with Gasteiger partial charge in [0, 0.05) is 31.9 Å². The molecule has 2 aromatic rings. The molecule has 1 heterocycles. The summed E-state index contributed by atoms with van der Waals surface area (Å²) >= 11 is 0. The third-order valence-electron chi connectivity index (χ3n) is 3.55. The molecule has 6 heteroatoms. The highest BCUT2D eigenvalue weighted by atomic mass is 127. The van der Waals surface area contributed by atoms with Crippen LogP contribution >= 0.6 is 24.0 Å². The molecule has 0 unspecified atom stereocenters. The molecular formula is C18H25IN4O. The summed E-state index contributed by atoms with van der Waals surface area (Å²) in [4.78, 5) is 10.9. The molecule has 0 saturated heterocycles. The van der Waals surface area contributed by atoms with Gasteiger partial charge in [-0.1, -0.05) is 24.3 Å². The van der Waals surface area contributed by atoms with Crippen molar-refractivity contribution in [2.45, 2.75) is 20.0 Å². The number of para-hydroxylation sites is 1. The standard InChI is InChI=1S/C18H24N4O.HI/c1-14-8-7-10-16(21-14)12-20-18(19-2)22(3)13-15-9-5-6-11-17(15)23-4;/h5-11H,12-13H2,1-4H3,(H,19,20);1H. The summed E-state index contributed by atoms with van der Waals surface area (Å²) in [6.07, 6.45) is 0. The van der Waals surface area contributed by atoms with Gasteiger partial charge in [-0.2, -0.15) is 0 Å². The van der Waals surface area contributed by atoms with Crippen LogP contribution in [0.4, 0.5) is 0 Å². The second-order valence-corrected chi connectivity index (χ2v) is 5.34. The highest BCUT2D eigenvalue weighted by Crippen LogP contribution is 2.18. The number of aryl methyl sites for hydroxylation is 1. The zero-order chi connectivity index (χ0) is 16.7. The summed E-state index contributed by atoms with van der Waals surface area (Å²) in [5.41, 5.74) is 3.13. The Balaban J connectivity index is 0.00000288. The Morgan fingerprint density at radius 1 is 1.21 bits per heavy atom. The Hall–Kier alpha value is -1.83.